The molecular weight excluding hydrogens is 358 g/mol. The fourth-order valence-corrected chi connectivity index (χ4v) is 3.76. The maximum absolute atomic E-state index is 3.85. The van der Waals surface area contributed by atoms with Crippen molar-refractivity contribution < 1.29 is 0 Å². The van der Waals surface area contributed by atoms with Gasteiger partial charge in [-0.2, -0.15) is 0 Å². The highest BCUT2D eigenvalue weighted by molar-refractivity contribution is 9.09. The molecule has 1 nitrogen and oxygen atoms in total. The molecule has 0 spiro atoms. The van der Waals surface area contributed by atoms with E-state index in [0.717, 1.165) is 6.54 Å². The van der Waals surface area contributed by atoms with Crippen LogP contribution >= 0.6 is 15.9 Å². The molecule has 0 bridgehead atoms. The van der Waals surface area contributed by atoms with Gasteiger partial charge in [0, 0.05) is 17.1 Å². The van der Waals surface area contributed by atoms with Gasteiger partial charge in [-0.25, -0.2) is 0 Å². The number of para-hydroxylation sites is 1. The molecule has 1 rings (SSSR count). The van der Waals surface area contributed by atoms with Gasteiger partial charge in [0.25, 0.3) is 0 Å². The van der Waals surface area contributed by atoms with E-state index in [-0.39, 0.29) is 0 Å². The van der Waals surface area contributed by atoms with Gasteiger partial charge < -0.3 is 5.32 Å². The topological polar surface area (TPSA) is 12.0 Å². The zero-order chi connectivity index (χ0) is 17.3. The number of unbranched alkanes of at least 4 members (excludes halogenated alkanes) is 9. The summed E-state index contributed by atoms with van der Waals surface area (Å²) in [6.45, 7) is 3.36. The molecule has 0 aromatic heterocycles. The Kier molecular flexibility index (Phi) is 14.4. The second-order valence-electron chi connectivity index (χ2n) is 7.00. The van der Waals surface area contributed by atoms with E-state index in [0.29, 0.717) is 4.83 Å². The number of hydrogen-bond donors (Lipinski definition) is 1. The van der Waals surface area contributed by atoms with Gasteiger partial charge in [-0.1, -0.05) is 105 Å². The van der Waals surface area contributed by atoms with E-state index in [4.69, 9.17) is 0 Å². The highest BCUT2D eigenvalue weighted by Crippen LogP contribution is 2.18. The van der Waals surface area contributed by atoms with Crippen LogP contribution < -0.4 is 5.32 Å². The summed E-state index contributed by atoms with van der Waals surface area (Å²) in [5, 5.41) is 3.49. The van der Waals surface area contributed by atoms with Crippen LogP contribution in [0, 0.1) is 0 Å². The summed E-state index contributed by atoms with van der Waals surface area (Å²) in [6, 6.07) is 10.5. The first-order chi connectivity index (χ1) is 11.8. The first-order valence-corrected chi connectivity index (χ1v) is 11.2. The van der Waals surface area contributed by atoms with E-state index in [1.165, 1.54) is 89.2 Å². The fraction of sp³-hybridized carbons (Fsp3) is 0.727. The molecule has 0 heterocycles. The lowest BCUT2D eigenvalue weighted by molar-refractivity contribution is 0.542. The van der Waals surface area contributed by atoms with E-state index in [1.54, 1.807) is 0 Å². The molecule has 0 aliphatic heterocycles. The van der Waals surface area contributed by atoms with Crippen LogP contribution in [0.15, 0.2) is 30.3 Å². The maximum atomic E-state index is 3.85. The third-order valence-electron chi connectivity index (χ3n) is 4.67. The maximum Gasteiger partial charge on any atom is 0.0340 e. The Labute approximate surface area is 159 Å². The predicted molar refractivity (Wildman–Crippen MR) is 113 cm³/mol. The van der Waals surface area contributed by atoms with E-state index in [9.17, 15) is 0 Å². The van der Waals surface area contributed by atoms with Gasteiger partial charge in [0.15, 0.2) is 0 Å². The molecule has 1 N–H and O–H groups in total. The lowest BCUT2D eigenvalue weighted by atomic mass is 10.0. The first kappa shape index (κ1) is 21.5. The highest BCUT2D eigenvalue weighted by atomic mass is 79.9. The quantitative estimate of drug-likeness (QED) is 0.221. The van der Waals surface area contributed by atoms with Crippen LogP contribution in [0.4, 0.5) is 5.69 Å². The van der Waals surface area contributed by atoms with Crippen LogP contribution in [0.2, 0.25) is 0 Å². The third-order valence-corrected chi connectivity index (χ3v) is 5.58. The summed E-state index contributed by atoms with van der Waals surface area (Å²) in [4.78, 5) is 0.698. The molecule has 24 heavy (non-hydrogen) atoms. The fourth-order valence-electron chi connectivity index (χ4n) is 3.11. The number of nitrogens with one attached hydrogen (secondary N) is 1. The van der Waals surface area contributed by atoms with Gasteiger partial charge in [-0.15, -0.1) is 0 Å². The highest BCUT2D eigenvalue weighted by Gasteiger charge is 2.03. The number of benzene rings is 1. The van der Waals surface area contributed by atoms with Crippen LogP contribution in [0.1, 0.15) is 90.4 Å². The van der Waals surface area contributed by atoms with Crippen LogP contribution in [0.5, 0.6) is 0 Å². The predicted octanol–water partition coefficient (Wildman–Crippen LogP) is 7.95. The number of halogens is 1. The summed E-state index contributed by atoms with van der Waals surface area (Å²) < 4.78 is 0. The van der Waals surface area contributed by atoms with Crippen molar-refractivity contribution in [3.63, 3.8) is 0 Å². The van der Waals surface area contributed by atoms with Crippen molar-refractivity contribution in [2.24, 2.45) is 0 Å². The Hall–Kier alpha value is -0.500. The van der Waals surface area contributed by atoms with E-state index >= 15 is 0 Å². The molecule has 1 atom stereocenters. The SMILES string of the molecule is CCCCCCCCCCCCC(Br)CCCNc1ccccc1. The lowest BCUT2D eigenvalue weighted by Gasteiger charge is -2.11. The van der Waals surface area contributed by atoms with Gasteiger partial charge in [0.05, 0.1) is 0 Å². The van der Waals surface area contributed by atoms with E-state index in [2.05, 4.69) is 58.5 Å². The molecule has 1 unspecified atom stereocenters. The van der Waals surface area contributed by atoms with Crippen molar-refractivity contribution in [1.82, 2.24) is 0 Å². The minimum Gasteiger partial charge on any atom is -0.385 e. The Morgan fingerprint density at radius 1 is 0.750 bits per heavy atom. The van der Waals surface area contributed by atoms with Crippen molar-refractivity contribution in [3.05, 3.63) is 30.3 Å². The van der Waals surface area contributed by atoms with E-state index in [1.807, 2.05) is 0 Å². The molecule has 138 valence electrons. The van der Waals surface area contributed by atoms with E-state index < -0.39 is 0 Å². The van der Waals surface area contributed by atoms with Gasteiger partial charge in [-0.3, -0.25) is 0 Å². The Morgan fingerprint density at radius 3 is 1.92 bits per heavy atom. The van der Waals surface area contributed by atoms with Gasteiger partial charge in [0.2, 0.25) is 0 Å². The first-order valence-electron chi connectivity index (χ1n) is 10.3. The third kappa shape index (κ3) is 12.9. The zero-order valence-electron chi connectivity index (χ0n) is 15.7. The largest absolute Gasteiger partial charge is 0.385 e. The molecule has 0 aliphatic rings. The number of anilines is 1. The molecule has 0 aliphatic carbocycles. The van der Waals surface area contributed by atoms with Crippen LogP contribution in [-0.4, -0.2) is 11.4 Å². The van der Waals surface area contributed by atoms with Gasteiger partial charge in [-0.05, 0) is 31.4 Å². The Balaban J connectivity index is 1.82. The van der Waals surface area contributed by atoms with Gasteiger partial charge >= 0.3 is 0 Å². The summed E-state index contributed by atoms with van der Waals surface area (Å²) in [5.74, 6) is 0. The molecule has 0 radical (unpaired) electrons. The molecule has 2 heteroatoms. The number of alkyl halides is 1. The van der Waals surface area contributed by atoms with Crippen molar-refractivity contribution in [3.8, 4) is 0 Å². The number of hydrogen-bond acceptors (Lipinski definition) is 1. The summed E-state index contributed by atoms with van der Waals surface area (Å²) in [5.41, 5.74) is 1.23. The minimum atomic E-state index is 0.698. The minimum absolute atomic E-state index is 0.698. The van der Waals surface area contributed by atoms with Gasteiger partial charge in [0.1, 0.15) is 0 Å². The smallest absolute Gasteiger partial charge is 0.0340 e. The molecule has 1 aromatic rings. The zero-order valence-corrected chi connectivity index (χ0v) is 17.3. The van der Waals surface area contributed by atoms with Crippen molar-refractivity contribution in [2.75, 3.05) is 11.9 Å². The molecule has 0 saturated carbocycles. The molecule has 0 amide bonds. The Morgan fingerprint density at radius 2 is 1.29 bits per heavy atom. The normalized spacial score (nSPS) is 12.2. The van der Waals surface area contributed by atoms with Crippen LogP contribution in [0.25, 0.3) is 0 Å². The summed E-state index contributed by atoms with van der Waals surface area (Å²) >= 11 is 3.85. The molecule has 1 aromatic carbocycles. The molecular formula is C22H38BrN. The average molecular weight is 396 g/mol. The summed E-state index contributed by atoms with van der Waals surface area (Å²) in [7, 11) is 0. The van der Waals surface area contributed by atoms with Crippen LogP contribution in [-0.2, 0) is 0 Å². The van der Waals surface area contributed by atoms with Crippen molar-refractivity contribution >= 4 is 21.6 Å². The molecule has 0 saturated heterocycles. The molecule has 0 fully saturated rings. The number of rotatable bonds is 16. The Bertz CT molecular complexity index is 365. The summed E-state index contributed by atoms with van der Waals surface area (Å²) in [6.07, 6.45) is 18.1. The van der Waals surface area contributed by atoms with Crippen molar-refractivity contribution in [1.29, 1.82) is 0 Å². The standard InChI is InChI=1S/C22H38BrN/c1-2-3-4-5-6-7-8-9-10-12-16-21(23)17-15-20-24-22-18-13-11-14-19-22/h11,13-14,18-19,21,24H,2-10,12,15-17,20H2,1H3. The lowest BCUT2D eigenvalue weighted by Crippen LogP contribution is -2.05. The second kappa shape index (κ2) is 16.0. The average Bonchev–Trinajstić information content (AvgIpc) is 2.61. The van der Waals surface area contributed by atoms with Crippen molar-refractivity contribution in [2.45, 2.75) is 95.2 Å². The van der Waals surface area contributed by atoms with Crippen LogP contribution in [0.3, 0.4) is 0 Å². The second-order valence-corrected chi connectivity index (χ2v) is 8.30. The monoisotopic (exact) mass is 395 g/mol.